The molecule has 4 aromatic rings. The molecule has 0 aliphatic heterocycles. The number of rotatable bonds is 8. The van der Waals surface area contributed by atoms with Gasteiger partial charge in [-0.2, -0.15) is 5.10 Å². The number of nitrogens with one attached hydrogen (secondary N) is 1. The number of nitro groups is 1. The maximum absolute atomic E-state index is 12.7. The Labute approximate surface area is 214 Å². The number of ether oxygens (including phenoxy) is 2. The van der Waals surface area contributed by atoms with Crippen LogP contribution >= 0.6 is 22.6 Å². The van der Waals surface area contributed by atoms with Crippen molar-refractivity contribution in [3.05, 3.63) is 109 Å². The molecule has 9 heteroatoms. The number of hydrogen-bond donors (Lipinski definition) is 1. The minimum Gasteiger partial charge on any atom is -0.496 e. The molecule has 0 radical (unpaired) electrons. The minimum atomic E-state index is -0.436. The second-order valence-electron chi connectivity index (χ2n) is 7.50. The van der Waals surface area contributed by atoms with Crippen LogP contribution in [-0.4, -0.2) is 24.2 Å². The maximum Gasteiger partial charge on any atom is 0.275 e. The van der Waals surface area contributed by atoms with Crippen molar-refractivity contribution in [1.82, 2.24) is 5.43 Å². The van der Waals surface area contributed by atoms with Gasteiger partial charge in [0.1, 0.15) is 18.1 Å². The van der Waals surface area contributed by atoms with E-state index in [1.54, 1.807) is 24.4 Å². The van der Waals surface area contributed by atoms with E-state index in [9.17, 15) is 14.9 Å². The molecule has 0 saturated heterocycles. The van der Waals surface area contributed by atoms with Gasteiger partial charge >= 0.3 is 0 Å². The first-order valence-electron chi connectivity index (χ1n) is 10.5. The summed E-state index contributed by atoms with van der Waals surface area (Å²) >= 11 is 2.15. The monoisotopic (exact) mass is 581 g/mol. The fraction of sp³-hybridized carbons (Fsp3) is 0.0769. The number of fused-ring (bicyclic) bond motifs is 1. The van der Waals surface area contributed by atoms with Crippen molar-refractivity contribution >= 4 is 51.2 Å². The number of carbonyl (C=O) groups is 1. The third-order valence-electron chi connectivity index (χ3n) is 5.19. The van der Waals surface area contributed by atoms with E-state index in [1.807, 2.05) is 48.5 Å². The second kappa shape index (κ2) is 11.0. The lowest BCUT2D eigenvalue weighted by Gasteiger charge is -2.10. The van der Waals surface area contributed by atoms with Crippen molar-refractivity contribution in [3.8, 4) is 11.5 Å². The molecule has 1 amide bonds. The predicted molar refractivity (Wildman–Crippen MR) is 142 cm³/mol. The van der Waals surface area contributed by atoms with Crippen molar-refractivity contribution < 1.29 is 19.2 Å². The molecule has 0 unspecified atom stereocenters. The third kappa shape index (κ3) is 5.93. The Morgan fingerprint density at radius 2 is 1.74 bits per heavy atom. The van der Waals surface area contributed by atoms with Crippen LogP contribution in [0.1, 0.15) is 21.5 Å². The number of hydrazone groups is 1. The number of hydrogen-bond acceptors (Lipinski definition) is 6. The van der Waals surface area contributed by atoms with Gasteiger partial charge in [-0.25, -0.2) is 5.43 Å². The normalized spacial score (nSPS) is 10.9. The summed E-state index contributed by atoms with van der Waals surface area (Å²) in [5, 5.41) is 16.8. The highest BCUT2D eigenvalue weighted by Crippen LogP contribution is 2.26. The quantitative estimate of drug-likeness (QED) is 0.124. The Morgan fingerprint density at radius 3 is 2.40 bits per heavy atom. The third-order valence-corrected chi connectivity index (χ3v) is 6.03. The van der Waals surface area contributed by atoms with E-state index in [-0.39, 0.29) is 18.2 Å². The molecule has 4 rings (SSSR count). The lowest BCUT2D eigenvalue weighted by molar-refractivity contribution is -0.384. The number of nitro benzene ring substituents is 1. The number of nitrogens with zero attached hydrogens (tertiary/aromatic N) is 2. The van der Waals surface area contributed by atoms with Gasteiger partial charge in [-0.15, -0.1) is 0 Å². The number of carbonyl (C=O) groups excluding carboxylic acids is 1. The number of non-ortho nitro benzene ring substituents is 1. The molecule has 0 aliphatic rings. The highest BCUT2D eigenvalue weighted by atomic mass is 127. The zero-order valence-electron chi connectivity index (χ0n) is 18.6. The van der Waals surface area contributed by atoms with Crippen LogP contribution in [0.5, 0.6) is 11.5 Å². The summed E-state index contributed by atoms with van der Waals surface area (Å²) in [6, 6.07) is 23.1. The van der Waals surface area contributed by atoms with Gasteiger partial charge in [-0.05, 0) is 87.0 Å². The van der Waals surface area contributed by atoms with Crippen molar-refractivity contribution in [3.63, 3.8) is 0 Å². The second-order valence-corrected chi connectivity index (χ2v) is 8.66. The molecule has 0 atom stereocenters. The fourth-order valence-corrected chi connectivity index (χ4v) is 4.08. The molecular formula is C26H20IN3O5. The smallest absolute Gasteiger partial charge is 0.275 e. The lowest BCUT2D eigenvalue weighted by atomic mass is 10.1. The summed E-state index contributed by atoms with van der Waals surface area (Å²) in [7, 11) is 1.53. The number of benzene rings is 4. The Balaban J connectivity index is 1.39. The van der Waals surface area contributed by atoms with Crippen LogP contribution in [0.4, 0.5) is 5.69 Å². The van der Waals surface area contributed by atoms with Gasteiger partial charge in [0.05, 0.1) is 27.4 Å². The number of amides is 1. The molecular weight excluding hydrogens is 561 g/mol. The molecule has 0 fully saturated rings. The van der Waals surface area contributed by atoms with Crippen LogP contribution in [0.15, 0.2) is 84.0 Å². The Hall–Kier alpha value is -3.99. The van der Waals surface area contributed by atoms with E-state index in [4.69, 9.17) is 9.47 Å². The molecule has 4 aromatic carbocycles. The first kappa shape index (κ1) is 24.1. The van der Waals surface area contributed by atoms with Gasteiger partial charge in [0.2, 0.25) is 0 Å². The molecule has 176 valence electrons. The van der Waals surface area contributed by atoms with Crippen LogP contribution in [0.25, 0.3) is 10.8 Å². The summed E-state index contributed by atoms with van der Waals surface area (Å²) < 4.78 is 12.1. The molecule has 0 bridgehead atoms. The zero-order chi connectivity index (χ0) is 24.8. The van der Waals surface area contributed by atoms with Crippen LogP contribution < -0.4 is 14.9 Å². The Morgan fingerprint density at radius 1 is 1.03 bits per heavy atom. The molecule has 0 aromatic heterocycles. The molecule has 1 N–H and O–H groups in total. The van der Waals surface area contributed by atoms with Crippen molar-refractivity contribution in [2.24, 2.45) is 5.10 Å². The van der Waals surface area contributed by atoms with E-state index in [0.717, 1.165) is 25.5 Å². The first-order chi connectivity index (χ1) is 16.9. The minimum absolute atomic E-state index is 0.0399. The van der Waals surface area contributed by atoms with Crippen LogP contribution in [0.2, 0.25) is 0 Å². The van der Waals surface area contributed by atoms with Gasteiger partial charge in [-0.3, -0.25) is 14.9 Å². The van der Waals surface area contributed by atoms with Gasteiger partial charge in [0.25, 0.3) is 11.6 Å². The Kier molecular flexibility index (Phi) is 7.56. The van der Waals surface area contributed by atoms with E-state index < -0.39 is 4.92 Å². The molecule has 0 aliphatic carbocycles. The summed E-state index contributed by atoms with van der Waals surface area (Å²) in [6.07, 6.45) is 1.55. The van der Waals surface area contributed by atoms with Gasteiger partial charge in [0, 0.05) is 12.1 Å². The SMILES string of the molecule is COc1cc2ccccc2cc1C(=O)N/N=C\c1ccc(OCc2ccc([N+](=O)[O-])cc2)c(I)c1. The fourth-order valence-electron chi connectivity index (χ4n) is 3.38. The maximum atomic E-state index is 12.7. The van der Waals surface area contributed by atoms with Crippen molar-refractivity contribution in [1.29, 1.82) is 0 Å². The van der Waals surface area contributed by atoms with E-state index >= 15 is 0 Å². The zero-order valence-corrected chi connectivity index (χ0v) is 20.8. The average molecular weight is 581 g/mol. The lowest BCUT2D eigenvalue weighted by Crippen LogP contribution is -2.18. The summed E-state index contributed by atoms with van der Waals surface area (Å²) in [5.74, 6) is 0.771. The van der Waals surface area contributed by atoms with Gasteiger partial charge < -0.3 is 9.47 Å². The summed E-state index contributed by atoms with van der Waals surface area (Å²) in [5.41, 5.74) is 4.59. The summed E-state index contributed by atoms with van der Waals surface area (Å²) in [6.45, 7) is 0.283. The highest BCUT2D eigenvalue weighted by molar-refractivity contribution is 14.1. The molecule has 8 nitrogen and oxygen atoms in total. The van der Waals surface area contributed by atoms with Crippen LogP contribution in [-0.2, 0) is 6.61 Å². The summed E-state index contributed by atoms with van der Waals surface area (Å²) in [4.78, 5) is 23.0. The number of halogens is 1. The average Bonchev–Trinajstić information content (AvgIpc) is 2.87. The Bertz CT molecular complexity index is 1420. The standard InChI is InChI=1S/C26H20IN3O5/c1-34-25-14-20-5-3-2-4-19(20)13-22(25)26(31)29-28-15-18-8-11-24(23(27)12-18)35-16-17-6-9-21(10-7-17)30(32)33/h2-15H,16H2,1H3,(H,29,31)/b28-15-. The largest absolute Gasteiger partial charge is 0.496 e. The van der Waals surface area contributed by atoms with Gasteiger partial charge in [0.15, 0.2) is 0 Å². The van der Waals surface area contributed by atoms with Crippen LogP contribution in [0.3, 0.4) is 0 Å². The molecule has 0 heterocycles. The van der Waals surface area contributed by atoms with E-state index in [0.29, 0.717) is 17.1 Å². The molecule has 0 spiro atoms. The highest BCUT2D eigenvalue weighted by Gasteiger charge is 2.13. The van der Waals surface area contributed by atoms with Crippen molar-refractivity contribution in [2.75, 3.05) is 7.11 Å². The number of methoxy groups -OCH3 is 1. The van der Waals surface area contributed by atoms with E-state index in [2.05, 4.69) is 33.1 Å². The van der Waals surface area contributed by atoms with Crippen molar-refractivity contribution in [2.45, 2.75) is 6.61 Å². The van der Waals surface area contributed by atoms with Gasteiger partial charge in [-0.1, -0.05) is 24.3 Å². The first-order valence-corrected chi connectivity index (χ1v) is 11.6. The predicted octanol–water partition coefficient (Wildman–Crippen LogP) is 5.70. The van der Waals surface area contributed by atoms with Crippen LogP contribution in [0, 0.1) is 13.7 Å². The van der Waals surface area contributed by atoms with E-state index in [1.165, 1.54) is 19.2 Å². The molecule has 35 heavy (non-hydrogen) atoms. The topological polar surface area (TPSA) is 103 Å². The molecule has 0 saturated carbocycles.